The minimum Gasteiger partial charge on any atom is -0.480 e. The number of hydrogen-bond donors (Lipinski definition) is 2. The van der Waals surface area contributed by atoms with Crippen LogP contribution in [0.3, 0.4) is 0 Å². The average molecular weight is 285 g/mol. The van der Waals surface area contributed by atoms with Gasteiger partial charge in [-0.25, -0.2) is 0 Å². The molecule has 1 aliphatic rings. The molecule has 0 spiro atoms. The van der Waals surface area contributed by atoms with E-state index in [1.54, 1.807) is 0 Å². The minimum atomic E-state index is -0.772. The molecule has 0 amide bonds. The quantitative estimate of drug-likeness (QED) is 0.669. The van der Waals surface area contributed by atoms with Gasteiger partial charge in [-0.2, -0.15) is 0 Å². The molecule has 1 rings (SSSR count). The van der Waals surface area contributed by atoms with E-state index in [1.807, 2.05) is 6.92 Å². The van der Waals surface area contributed by atoms with Crippen LogP contribution < -0.4 is 5.32 Å². The number of carbonyl (C=O) groups excluding carboxylic acids is 1. The van der Waals surface area contributed by atoms with Crippen molar-refractivity contribution in [3.63, 3.8) is 0 Å². The summed E-state index contributed by atoms with van der Waals surface area (Å²) in [6.07, 6.45) is 5.86. The van der Waals surface area contributed by atoms with Crippen molar-refractivity contribution in [1.82, 2.24) is 5.32 Å². The van der Waals surface area contributed by atoms with Crippen molar-refractivity contribution >= 4 is 11.9 Å². The van der Waals surface area contributed by atoms with Crippen molar-refractivity contribution < 1.29 is 19.4 Å². The molecular weight excluding hydrogens is 258 g/mol. The lowest BCUT2D eigenvalue weighted by molar-refractivity contribution is -0.149. The van der Waals surface area contributed by atoms with Crippen molar-refractivity contribution in [1.29, 1.82) is 0 Å². The summed E-state index contributed by atoms with van der Waals surface area (Å²) < 4.78 is 5.04. The molecule has 20 heavy (non-hydrogen) atoms. The Bertz CT molecular complexity index is 311. The zero-order valence-corrected chi connectivity index (χ0v) is 12.6. The Hall–Kier alpha value is -1.10. The third-order valence-electron chi connectivity index (χ3n) is 3.93. The summed E-state index contributed by atoms with van der Waals surface area (Å²) in [6, 6.07) is -0.252. The van der Waals surface area contributed by atoms with Gasteiger partial charge in [-0.1, -0.05) is 19.8 Å². The highest BCUT2D eigenvalue weighted by atomic mass is 16.5. The number of nitrogens with one attached hydrogen (secondary N) is 1. The monoisotopic (exact) mass is 285 g/mol. The fraction of sp³-hybridized carbons (Fsp3) is 0.867. The van der Waals surface area contributed by atoms with E-state index in [4.69, 9.17) is 4.74 Å². The molecule has 0 radical (unpaired) electrons. The van der Waals surface area contributed by atoms with E-state index in [2.05, 4.69) is 12.2 Å². The molecule has 0 aromatic rings. The molecule has 5 nitrogen and oxygen atoms in total. The molecule has 1 aliphatic carbocycles. The zero-order valence-electron chi connectivity index (χ0n) is 12.6. The number of carbonyl (C=O) groups is 2. The molecule has 0 saturated heterocycles. The first-order chi connectivity index (χ1) is 9.58. The highest BCUT2D eigenvalue weighted by molar-refractivity contribution is 5.73. The maximum absolute atomic E-state index is 11.6. The number of hydrogen-bond acceptors (Lipinski definition) is 4. The van der Waals surface area contributed by atoms with Crippen LogP contribution in [0.1, 0.15) is 58.8 Å². The predicted octanol–water partition coefficient (Wildman–Crippen LogP) is 2.34. The van der Waals surface area contributed by atoms with E-state index in [-0.39, 0.29) is 17.9 Å². The molecule has 0 bridgehead atoms. The molecule has 2 N–H and O–H groups in total. The van der Waals surface area contributed by atoms with Crippen LogP contribution in [0.15, 0.2) is 0 Å². The number of carboxylic acid groups (broad SMARTS) is 1. The second kappa shape index (κ2) is 8.95. The highest BCUT2D eigenvalue weighted by Crippen LogP contribution is 2.26. The Balaban J connectivity index is 2.36. The second-order valence-electron chi connectivity index (χ2n) is 5.50. The van der Waals surface area contributed by atoms with Gasteiger partial charge in [-0.3, -0.25) is 9.59 Å². The van der Waals surface area contributed by atoms with Gasteiger partial charge in [0.1, 0.15) is 6.04 Å². The number of aliphatic carboxylic acids is 1. The van der Waals surface area contributed by atoms with Crippen molar-refractivity contribution in [2.75, 3.05) is 6.61 Å². The van der Waals surface area contributed by atoms with E-state index in [0.717, 1.165) is 38.5 Å². The Morgan fingerprint density at radius 2 is 1.90 bits per heavy atom. The van der Waals surface area contributed by atoms with Crippen LogP contribution in [0, 0.1) is 5.92 Å². The van der Waals surface area contributed by atoms with Crippen LogP contribution in [0.2, 0.25) is 0 Å². The fourth-order valence-corrected chi connectivity index (χ4v) is 2.73. The molecule has 0 heterocycles. The van der Waals surface area contributed by atoms with Crippen LogP contribution in [-0.4, -0.2) is 35.7 Å². The summed E-state index contributed by atoms with van der Waals surface area (Å²) in [6.45, 7) is 4.30. The molecular formula is C15H27NO4. The molecule has 0 aliphatic heterocycles. The molecule has 0 unspecified atom stereocenters. The van der Waals surface area contributed by atoms with Gasteiger partial charge in [-0.15, -0.1) is 0 Å². The van der Waals surface area contributed by atoms with Gasteiger partial charge in [0.25, 0.3) is 0 Å². The normalized spacial score (nSPS) is 24.1. The lowest BCUT2D eigenvalue weighted by atomic mass is 9.85. The van der Waals surface area contributed by atoms with Crippen molar-refractivity contribution in [3.05, 3.63) is 0 Å². The molecule has 116 valence electrons. The van der Waals surface area contributed by atoms with Crippen molar-refractivity contribution in [2.45, 2.75) is 70.9 Å². The summed E-state index contributed by atoms with van der Waals surface area (Å²) in [5.74, 6) is -0.885. The molecule has 5 heteroatoms. The van der Waals surface area contributed by atoms with Gasteiger partial charge in [0, 0.05) is 6.04 Å². The van der Waals surface area contributed by atoms with Gasteiger partial charge in [-0.05, 0) is 39.0 Å². The van der Waals surface area contributed by atoms with Crippen LogP contribution in [0.25, 0.3) is 0 Å². The molecule has 0 aromatic heterocycles. The van der Waals surface area contributed by atoms with E-state index in [0.29, 0.717) is 13.0 Å². The number of rotatable bonds is 8. The maximum Gasteiger partial charge on any atom is 0.320 e. The number of carboxylic acids is 1. The van der Waals surface area contributed by atoms with E-state index in [1.165, 1.54) is 0 Å². The predicted molar refractivity (Wildman–Crippen MR) is 76.5 cm³/mol. The first kappa shape index (κ1) is 17.0. The van der Waals surface area contributed by atoms with Crippen molar-refractivity contribution in [2.24, 2.45) is 5.92 Å². The summed E-state index contributed by atoms with van der Waals surface area (Å²) in [7, 11) is 0. The number of esters is 1. The topological polar surface area (TPSA) is 75.6 Å². The minimum absolute atomic E-state index is 0.00748. The Labute approximate surface area is 121 Å². The summed E-state index contributed by atoms with van der Waals surface area (Å²) in [4.78, 5) is 22.8. The zero-order chi connectivity index (χ0) is 15.0. The van der Waals surface area contributed by atoms with Crippen LogP contribution >= 0.6 is 0 Å². The number of ether oxygens (including phenoxy) is 1. The lowest BCUT2D eigenvalue weighted by Crippen LogP contribution is -2.45. The van der Waals surface area contributed by atoms with Crippen molar-refractivity contribution in [3.8, 4) is 0 Å². The van der Waals surface area contributed by atoms with Gasteiger partial charge in [0.15, 0.2) is 0 Å². The Kier molecular flexibility index (Phi) is 7.59. The maximum atomic E-state index is 11.6. The smallest absolute Gasteiger partial charge is 0.320 e. The van der Waals surface area contributed by atoms with Gasteiger partial charge in [0.2, 0.25) is 0 Å². The molecule has 1 fully saturated rings. The van der Waals surface area contributed by atoms with Gasteiger partial charge in [0.05, 0.1) is 12.5 Å². The summed E-state index contributed by atoms with van der Waals surface area (Å²) >= 11 is 0. The summed E-state index contributed by atoms with van der Waals surface area (Å²) in [5, 5.41) is 12.4. The first-order valence-corrected chi connectivity index (χ1v) is 7.73. The first-order valence-electron chi connectivity index (χ1n) is 7.73. The fourth-order valence-electron chi connectivity index (χ4n) is 2.73. The van der Waals surface area contributed by atoms with Crippen LogP contribution in [-0.2, 0) is 14.3 Å². The molecule has 0 aromatic carbocycles. The molecule has 1 atom stereocenters. The second-order valence-corrected chi connectivity index (χ2v) is 5.50. The van der Waals surface area contributed by atoms with E-state index < -0.39 is 12.0 Å². The van der Waals surface area contributed by atoms with Gasteiger partial charge >= 0.3 is 11.9 Å². The third kappa shape index (κ3) is 5.49. The molecule has 1 saturated carbocycles. The third-order valence-corrected chi connectivity index (χ3v) is 3.93. The van der Waals surface area contributed by atoms with Crippen LogP contribution in [0.4, 0.5) is 0 Å². The lowest BCUT2D eigenvalue weighted by Gasteiger charge is -2.30. The standard InChI is InChI=1S/C15H27NO4/c1-3-5-6-13(14(17)18)16-12-9-7-11(8-10-12)15(19)20-4-2/h11-13,16H,3-10H2,1-2H3,(H,17,18)/t11?,12?,13-/m0/s1. The Morgan fingerprint density at radius 3 is 2.40 bits per heavy atom. The highest BCUT2D eigenvalue weighted by Gasteiger charge is 2.29. The SMILES string of the molecule is CCCC[C@H](NC1CCC(C(=O)OCC)CC1)C(=O)O. The van der Waals surface area contributed by atoms with Crippen LogP contribution in [0.5, 0.6) is 0 Å². The Morgan fingerprint density at radius 1 is 1.25 bits per heavy atom. The van der Waals surface area contributed by atoms with Gasteiger partial charge < -0.3 is 15.2 Å². The van der Waals surface area contributed by atoms with E-state index >= 15 is 0 Å². The summed E-state index contributed by atoms with van der Waals surface area (Å²) in [5.41, 5.74) is 0. The number of unbranched alkanes of at least 4 members (excludes halogenated alkanes) is 1. The largest absolute Gasteiger partial charge is 0.480 e. The average Bonchev–Trinajstić information content (AvgIpc) is 2.44. The van der Waals surface area contributed by atoms with E-state index in [9.17, 15) is 14.7 Å².